The van der Waals surface area contributed by atoms with Crippen molar-refractivity contribution in [2.24, 2.45) is 0 Å². The third-order valence-electron chi connectivity index (χ3n) is 2.82. The van der Waals surface area contributed by atoms with Gasteiger partial charge in [-0.15, -0.1) is 0 Å². The van der Waals surface area contributed by atoms with Crippen molar-refractivity contribution in [3.05, 3.63) is 35.7 Å². The second-order valence-corrected chi connectivity index (χ2v) is 4.54. The van der Waals surface area contributed by atoms with Crippen LogP contribution in [0.5, 0.6) is 0 Å². The predicted molar refractivity (Wildman–Crippen MR) is 77.7 cm³/mol. The Morgan fingerprint density at radius 2 is 2.20 bits per heavy atom. The van der Waals surface area contributed by atoms with Gasteiger partial charge in [-0.05, 0) is 12.1 Å². The highest BCUT2D eigenvalue weighted by molar-refractivity contribution is 6.33. The Hall–Kier alpha value is -2.18. The summed E-state index contributed by atoms with van der Waals surface area (Å²) in [7, 11) is 0. The van der Waals surface area contributed by atoms with Crippen LogP contribution in [0.2, 0.25) is 5.15 Å². The summed E-state index contributed by atoms with van der Waals surface area (Å²) in [6.07, 6.45) is 1.38. The molecule has 7 heteroatoms. The largest absolute Gasteiger partial charge is 0.395 e. The monoisotopic (exact) mass is 289 g/mol. The average molecular weight is 290 g/mol. The number of hydrogen-bond donors (Lipinski definition) is 3. The maximum atomic E-state index is 8.83. The predicted octanol–water partition coefficient (Wildman–Crippen LogP) is 2.08. The summed E-state index contributed by atoms with van der Waals surface area (Å²) >= 11 is 6.00. The van der Waals surface area contributed by atoms with Gasteiger partial charge in [0.2, 0.25) is 0 Å². The van der Waals surface area contributed by atoms with E-state index in [2.05, 4.69) is 25.3 Å². The normalized spacial score (nSPS) is 10.9. The van der Waals surface area contributed by atoms with E-state index in [0.717, 1.165) is 11.3 Å². The van der Waals surface area contributed by atoms with Crippen LogP contribution < -0.4 is 5.32 Å². The van der Waals surface area contributed by atoms with Gasteiger partial charge in [-0.2, -0.15) is 0 Å². The minimum Gasteiger partial charge on any atom is -0.395 e. The number of rotatable bonds is 4. The van der Waals surface area contributed by atoms with Gasteiger partial charge in [-0.25, -0.2) is 15.0 Å². The molecule has 0 aliphatic carbocycles. The molecular weight excluding hydrogens is 278 g/mol. The van der Waals surface area contributed by atoms with E-state index in [1.54, 1.807) is 0 Å². The van der Waals surface area contributed by atoms with Gasteiger partial charge in [-0.1, -0.05) is 23.7 Å². The lowest BCUT2D eigenvalue weighted by atomic mass is 10.2. The van der Waals surface area contributed by atoms with Crippen molar-refractivity contribution >= 4 is 28.5 Å². The van der Waals surface area contributed by atoms with Crippen molar-refractivity contribution in [1.82, 2.24) is 19.9 Å². The third kappa shape index (κ3) is 2.43. The summed E-state index contributed by atoms with van der Waals surface area (Å²) in [6.45, 7) is 0.584. The second-order valence-electron chi connectivity index (χ2n) is 4.18. The van der Waals surface area contributed by atoms with Crippen LogP contribution in [0.15, 0.2) is 30.6 Å². The molecule has 102 valence electrons. The fraction of sp³-hybridized carbons (Fsp3) is 0.154. The summed E-state index contributed by atoms with van der Waals surface area (Å²) in [5.74, 6) is 0.676. The van der Waals surface area contributed by atoms with Gasteiger partial charge >= 0.3 is 0 Å². The number of benzene rings is 1. The maximum absolute atomic E-state index is 8.83. The molecule has 1 aromatic carbocycles. The highest BCUT2D eigenvalue weighted by Gasteiger charge is 2.09. The molecule has 2 heterocycles. The quantitative estimate of drug-likeness (QED) is 0.640. The van der Waals surface area contributed by atoms with Crippen molar-refractivity contribution in [3.63, 3.8) is 0 Å². The number of nitrogens with one attached hydrogen (secondary N) is 2. The fourth-order valence-electron chi connectivity index (χ4n) is 1.91. The lowest BCUT2D eigenvalue weighted by Crippen LogP contribution is -2.05. The molecule has 0 aliphatic heterocycles. The van der Waals surface area contributed by atoms with Crippen LogP contribution in [0, 0.1) is 0 Å². The van der Waals surface area contributed by atoms with Crippen LogP contribution in [-0.2, 0) is 0 Å². The van der Waals surface area contributed by atoms with E-state index in [-0.39, 0.29) is 6.61 Å². The number of H-pyrrole nitrogens is 1. The van der Waals surface area contributed by atoms with Gasteiger partial charge in [0.25, 0.3) is 0 Å². The van der Waals surface area contributed by atoms with Crippen molar-refractivity contribution in [1.29, 1.82) is 0 Å². The zero-order valence-electron chi connectivity index (χ0n) is 10.5. The number of imidazole rings is 1. The fourth-order valence-corrected chi connectivity index (χ4v) is 2.09. The number of halogens is 1. The smallest absolute Gasteiger partial charge is 0.182 e. The van der Waals surface area contributed by atoms with Gasteiger partial charge in [0.15, 0.2) is 10.8 Å². The van der Waals surface area contributed by atoms with E-state index < -0.39 is 0 Å². The molecule has 3 aromatic rings. The number of anilines is 1. The van der Waals surface area contributed by atoms with Gasteiger partial charge in [0, 0.05) is 17.8 Å². The summed E-state index contributed by atoms with van der Waals surface area (Å²) in [5.41, 5.74) is 2.97. The first-order valence-electron chi connectivity index (χ1n) is 6.09. The lowest BCUT2D eigenvalue weighted by molar-refractivity contribution is 0.311. The van der Waals surface area contributed by atoms with Crippen LogP contribution in [0.4, 0.5) is 5.69 Å². The summed E-state index contributed by atoms with van der Waals surface area (Å²) in [5, 5.41) is 12.3. The molecule has 6 nitrogen and oxygen atoms in total. The summed E-state index contributed by atoms with van der Waals surface area (Å²) < 4.78 is 0. The molecule has 0 bridgehead atoms. The summed E-state index contributed by atoms with van der Waals surface area (Å²) in [6, 6.07) is 7.71. The molecule has 0 aliphatic rings. The Bertz CT molecular complexity index is 742. The Morgan fingerprint density at radius 1 is 1.30 bits per heavy atom. The van der Waals surface area contributed by atoms with Crippen molar-refractivity contribution < 1.29 is 5.11 Å². The molecule has 0 unspecified atom stereocenters. The highest BCUT2D eigenvalue weighted by atomic mass is 35.5. The molecule has 0 amide bonds. The first-order chi connectivity index (χ1) is 9.78. The van der Waals surface area contributed by atoms with Crippen molar-refractivity contribution in [2.45, 2.75) is 0 Å². The van der Waals surface area contributed by atoms with Crippen LogP contribution >= 0.6 is 11.6 Å². The SMILES string of the molecule is OCCNc1cccc(-c2nc3ncnc(Cl)c3[nH]2)c1. The van der Waals surface area contributed by atoms with Crippen molar-refractivity contribution in [2.75, 3.05) is 18.5 Å². The topological polar surface area (TPSA) is 86.7 Å². The van der Waals surface area contributed by atoms with Crippen LogP contribution in [0.3, 0.4) is 0 Å². The third-order valence-corrected chi connectivity index (χ3v) is 3.11. The van der Waals surface area contributed by atoms with Gasteiger partial charge < -0.3 is 15.4 Å². The molecule has 0 saturated heterocycles. The standard InChI is InChI=1S/C13H12ClN5O/c14-11-10-13(17-7-16-11)19-12(18-10)8-2-1-3-9(6-8)15-4-5-20/h1-3,6-7,15,20H,4-5H2,(H,16,17,18,19). The molecule has 0 spiro atoms. The molecule has 0 atom stereocenters. The van der Waals surface area contributed by atoms with Gasteiger partial charge in [0.1, 0.15) is 17.7 Å². The van der Waals surface area contributed by atoms with Crippen LogP contribution in [0.1, 0.15) is 0 Å². The molecule has 0 saturated carbocycles. The number of fused-ring (bicyclic) bond motifs is 1. The van der Waals surface area contributed by atoms with E-state index in [9.17, 15) is 0 Å². The van der Waals surface area contributed by atoms with E-state index in [0.29, 0.717) is 28.7 Å². The van der Waals surface area contributed by atoms with E-state index in [4.69, 9.17) is 16.7 Å². The second kappa shape index (κ2) is 5.44. The van der Waals surface area contributed by atoms with E-state index >= 15 is 0 Å². The van der Waals surface area contributed by atoms with Crippen LogP contribution in [0.25, 0.3) is 22.6 Å². The number of aliphatic hydroxyl groups excluding tert-OH is 1. The number of nitrogens with zero attached hydrogens (tertiary/aromatic N) is 3. The first kappa shape index (κ1) is 12.8. The van der Waals surface area contributed by atoms with Crippen LogP contribution in [-0.4, -0.2) is 38.2 Å². The number of aromatic amines is 1. The zero-order valence-corrected chi connectivity index (χ0v) is 11.2. The first-order valence-corrected chi connectivity index (χ1v) is 6.47. The minimum absolute atomic E-state index is 0.0834. The minimum atomic E-state index is 0.0834. The maximum Gasteiger partial charge on any atom is 0.182 e. The zero-order chi connectivity index (χ0) is 13.9. The average Bonchev–Trinajstić information content (AvgIpc) is 2.91. The molecule has 20 heavy (non-hydrogen) atoms. The molecule has 3 rings (SSSR count). The van der Waals surface area contributed by atoms with Gasteiger partial charge in [0.05, 0.1) is 6.61 Å². The summed E-state index contributed by atoms with van der Waals surface area (Å²) in [4.78, 5) is 15.5. The van der Waals surface area contributed by atoms with E-state index in [1.807, 2.05) is 24.3 Å². The Balaban J connectivity index is 2.00. The molecule has 2 aromatic heterocycles. The highest BCUT2D eigenvalue weighted by Crippen LogP contribution is 2.24. The number of aromatic nitrogens is 4. The molecule has 0 radical (unpaired) electrons. The number of hydrogen-bond acceptors (Lipinski definition) is 5. The van der Waals surface area contributed by atoms with Gasteiger partial charge in [-0.3, -0.25) is 0 Å². The molecule has 3 N–H and O–H groups in total. The lowest BCUT2D eigenvalue weighted by Gasteiger charge is -2.05. The Kier molecular flexibility index (Phi) is 3.49. The van der Waals surface area contributed by atoms with E-state index in [1.165, 1.54) is 6.33 Å². The number of aliphatic hydroxyl groups is 1. The Morgan fingerprint density at radius 3 is 3.00 bits per heavy atom. The molecular formula is C13H12ClN5O. The molecule has 0 fully saturated rings. The Labute approximate surface area is 119 Å². The van der Waals surface area contributed by atoms with Crippen molar-refractivity contribution in [3.8, 4) is 11.4 Å².